The van der Waals surface area contributed by atoms with Crippen LogP contribution in [-0.2, 0) is 16.6 Å². The van der Waals surface area contributed by atoms with E-state index < -0.39 is 10.0 Å². The van der Waals surface area contributed by atoms with Gasteiger partial charge < -0.3 is 9.64 Å². The summed E-state index contributed by atoms with van der Waals surface area (Å²) in [7, 11) is -1.02. The van der Waals surface area contributed by atoms with Gasteiger partial charge in [-0.25, -0.2) is 13.1 Å². The van der Waals surface area contributed by atoms with E-state index in [-0.39, 0.29) is 16.6 Å². The quantitative estimate of drug-likeness (QED) is 0.814. The first-order valence-electron chi connectivity index (χ1n) is 7.36. The zero-order valence-corrected chi connectivity index (χ0v) is 15.4. The minimum absolute atomic E-state index is 0.0504. The van der Waals surface area contributed by atoms with Crippen LogP contribution in [-0.4, -0.2) is 39.9 Å². The Hall–Kier alpha value is -1.90. The van der Waals surface area contributed by atoms with Crippen LogP contribution in [0.25, 0.3) is 0 Å². The SMILES string of the molecule is CCN(Cc1cccs1)C(=O)c1ccc(OC)c(S(=O)(=O)NC)c1. The smallest absolute Gasteiger partial charge is 0.254 e. The molecular weight excluding hydrogens is 348 g/mol. The van der Waals surface area contributed by atoms with Gasteiger partial charge in [-0.05, 0) is 43.6 Å². The third-order valence-corrected chi connectivity index (χ3v) is 5.86. The van der Waals surface area contributed by atoms with E-state index in [1.165, 1.54) is 26.3 Å². The number of benzene rings is 1. The highest BCUT2D eigenvalue weighted by Crippen LogP contribution is 2.25. The standard InChI is InChI=1S/C16H20N2O4S2/c1-4-18(11-13-6-5-9-23-13)16(19)12-7-8-14(22-3)15(10-12)24(20,21)17-2/h5-10,17H,4,11H2,1-3H3. The summed E-state index contributed by atoms with van der Waals surface area (Å²) in [6, 6.07) is 8.32. The summed E-state index contributed by atoms with van der Waals surface area (Å²) in [5.41, 5.74) is 0.308. The minimum atomic E-state index is -3.72. The van der Waals surface area contributed by atoms with Crippen molar-refractivity contribution >= 4 is 27.3 Å². The average molecular weight is 368 g/mol. The van der Waals surface area contributed by atoms with Crippen molar-refractivity contribution < 1.29 is 17.9 Å². The van der Waals surface area contributed by atoms with E-state index in [1.54, 1.807) is 22.3 Å². The Balaban J connectivity index is 2.36. The van der Waals surface area contributed by atoms with Crippen LogP contribution >= 0.6 is 11.3 Å². The number of carbonyl (C=O) groups excluding carboxylic acids is 1. The fourth-order valence-electron chi connectivity index (χ4n) is 2.23. The molecule has 2 aromatic rings. The maximum atomic E-state index is 12.7. The molecule has 0 unspecified atom stereocenters. The Labute approximate surface area is 146 Å². The number of sulfonamides is 1. The molecule has 2 rings (SSSR count). The van der Waals surface area contributed by atoms with Gasteiger partial charge in [0.15, 0.2) is 0 Å². The molecule has 0 spiro atoms. The second-order valence-corrected chi connectivity index (χ2v) is 7.86. The van der Waals surface area contributed by atoms with Crippen molar-refractivity contribution in [3.8, 4) is 5.75 Å². The summed E-state index contributed by atoms with van der Waals surface area (Å²) < 4.78 is 31.6. The third kappa shape index (κ3) is 3.95. The fraction of sp³-hybridized carbons (Fsp3) is 0.312. The molecule has 6 nitrogen and oxygen atoms in total. The van der Waals surface area contributed by atoms with Gasteiger partial charge in [0, 0.05) is 17.0 Å². The molecular formula is C16H20N2O4S2. The Kier molecular flexibility index (Phi) is 5.98. The summed E-state index contributed by atoms with van der Waals surface area (Å²) in [4.78, 5) is 15.4. The second-order valence-electron chi connectivity index (χ2n) is 4.97. The number of ether oxygens (including phenoxy) is 1. The zero-order valence-electron chi connectivity index (χ0n) is 13.8. The maximum absolute atomic E-state index is 12.7. The molecule has 1 N–H and O–H groups in total. The second kappa shape index (κ2) is 7.78. The van der Waals surface area contributed by atoms with Gasteiger partial charge in [0.2, 0.25) is 10.0 Å². The van der Waals surface area contributed by atoms with E-state index in [1.807, 2.05) is 24.4 Å². The van der Waals surface area contributed by atoms with Crippen molar-refractivity contribution in [2.24, 2.45) is 0 Å². The normalized spacial score (nSPS) is 11.3. The largest absolute Gasteiger partial charge is 0.495 e. The monoisotopic (exact) mass is 368 g/mol. The van der Waals surface area contributed by atoms with E-state index in [2.05, 4.69) is 4.72 Å². The lowest BCUT2D eigenvalue weighted by Gasteiger charge is -2.21. The minimum Gasteiger partial charge on any atom is -0.495 e. The number of rotatable bonds is 7. The van der Waals surface area contributed by atoms with Crippen LogP contribution in [0.2, 0.25) is 0 Å². The molecule has 1 aromatic heterocycles. The third-order valence-electron chi connectivity index (χ3n) is 3.56. The molecule has 24 heavy (non-hydrogen) atoms. The first-order valence-corrected chi connectivity index (χ1v) is 9.72. The van der Waals surface area contributed by atoms with Gasteiger partial charge in [-0.2, -0.15) is 0 Å². The molecule has 1 amide bonds. The predicted molar refractivity (Wildman–Crippen MR) is 94.0 cm³/mol. The molecule has 0 saturated heterocycles. The topological polar surface area (TPSA) is 75.7 Å². The van der Waals surface area contributed by atoms with Gasteiger partial charge in [-0.1, -0.05) is 6.07 Å². The van der Waals surface area contributed by atoms with Crippen LogP contribution in [0.5, 0.6) is 5.75 Å². The lowest BCUT2D eigenvalue weighted by atomic mass is 10.2. The van der Waals surface area contributed by atoms with Gasteiger partial charge in [0.25, 0.3) is 5.91 Å². The predicted octanol–water partition coefficient (Wildman–Crippen LogP) is 2.33. The van der Waals surface area contributed by atoms with Gasteiger partial charge in [-0.3, -0.25) is 4.79 Å². The molecule has 1 heterocycles. The molecule has 0 atom stereocenters. The van der Waals surface area contributed by atoms with Crippen molar-refractivity contribution in [3.63, 3.8) is 0 Å². The molecule has 0 saturated carbocycles. The lowest BCUT2D eigenvalue weighted by Crippen LogP contribution is -2.30. The van der Waals surface area contributed by atoms with Crippen molar-refractivity contribution in [3.05, 3.63) is 46.2 Å². The van der Waals surface area contributed by atoms with Gasteiger partial charge in [0.05, 0.1) is 13.7 Å². The number of nitrogens with zero attached hydrogens (tertiary/aromatic N) is 1. The summed E-state index contributed by atoms with van der Waals surface area (Å²) in [5, 5.41) is 1.96. The van der Waals surface area contributed by atoms with Crippen LogP contribution in [0.1, 0.15) is 22.2 Å². The Bertz CT molecular complexity index is 801. The molecule has 8 heteroatoms. The molecule has 0 fully saturated rings. The molecule has 0 aliphatic carbocycles. The summed E-state index contributed by atoms with van der Waals surface area (Å²) in [5.74, 6) is -0.0247. The number of hydrogen-bond donors (Lipinski definition) is 1. The summed E-state index contributed by atoms with van der Waals surface area (Å²) in [6.45, 7) is 2.91. The van der Waals surface area contributed by atoms with Crippen molar-refractivity contribution in [1.82, 2.24) is 9.62 Å². The van der Waals surface area contributed by atoms with E-state index >= 15 is 0 Å². The number of methoxy groups -OCH3 is 1. The van der Waals surface area contributed by atoms with Gasteiger partial charge >= 0.3 is 0 Å². The van der Waals surface area contributed by atoms with Crippen LogP contribution in [0.15, 0.2) is 40.6 Å². The summed E-state index contributed by atoms with van der Waals surface area (Å²) in [6.07, 6.45) is 0. The molecule has 1 aromatic carbocycles. The average Bonchev–Trinajstić information content (AvgIpc) is 3.11. The van der Waals surface area contributed by atoms with Gasteiger partial charge in [-0.15, -0.1) is 11.3 Å². The molecule has 0 radical (unpaired) electrons. The van der Waals surface area contributed by atoms with Crippen molar-refractivity contribution in [1.29, 1.82) is 0 Å². The fourth-order valence-corrected chi connectivity index (χ4v) is 3.87. The number of hydrogen-bond acceptors (Lipinski definition) is 5. The zero-order chi connectivity index (χ0) is 17.7. The van der Waals surface area contributed by atoms with Crippen LogP contribution in [0.3, 0.4) is 0 Å². The summed E-state index contributed by atoms with van der Waals surface area (Å²) >= 11 is 1.58. The first-order chi connectivity index (χ1) is 11.4. The van der Waals surface area contributed by atoms with E-state index in [9.17, 15) is 13.2 Å². The maximum Gasteiger partial charge on any atom is 0.254 e. The van der Waals surface area contributed by atoms with Gasteiger partial charge in [0.1, 0.15) is 10.6 Å². The molecule has 0 aliphatic heterocycles. The Morgan fingerprint density at radius 2 is 2.08 bits per heavy atom. The van der Waals surface area contributed by atoms with E-state index in [0.717, 1.165) is 4.88 Å². The van der Waals surface area contributed by atoms with E-state index in [4.69, 9.17) is 4.74 Å². The number of carbonyl (C=O) groups is 1. The van der Waals surface area contributed by atoms with E-state index in [0.29, 0.717) is 18.7 Å². The van der Waals surface area contributed by atoms with Crippen molar-refractivity contribution in [2.75, 3.05) is 20.7 Å². The highest BCUT2D eigenvalue weighted by molar-refractivity contribution is 7.89. The first kappa shape index (κ1) is 18.4. The number of thiophene rings is 1. The highest BCUT2D eigenvalue weighted by atomic mass is 32.2. The number of amides is 1. The molecule has 0 aliphatic rings. The Morgan fingerprint density at radius 3 is 2.62 bits per heavy atom. The Morgan fingerprint density at radius 1 is 1.33 bits per heavy atom. The highest BCUT2D eigenvalue weighted by Gasteiger charge is 2.22. The van der Waals surface area contributed by atoms with Crippen LogP contribution in [0, 0.1) is 0 Å². The molecule has 0 bridgehead atoms. The van der Waals surface area contributed by atoms with Crippen LogP contribution in [0.4, 0.5) is 0 Å². The number of nitrogens with one attached hydrogen (secondary N) is 1. The van der Waals surface area contributed by atoms with Crippen LogP contribution < -0.4 is 9.46 Å². The van der Waals surface area contributed by atoms with Crippen molar-refractivity contribution in [2.45, 2.75) is 18.4 Å². The lowest BCUT2D eigenvalue weighted by molar-refractivity contribution is 0.0754. The molecule has 130 valence electrons.